The Hall–Kier alpha value is -1.21. The maximum absolute atomic E-state index is 12.5. The van der Waals surface area contributed by atoms with Crippen LogP contribution in [0.25, 0.3) is 0 Å². The van der Waals surface area contributed by atoms with E-state index in [1.807, 2.05) is 0 Å². The van der Waals surface area contributed by atoms with Gasteiger partial charge in [-0.1, -0.05) is 0 Å². The van der Waals surface area contributed by atoms with Crippen molar-refractivity contribution in [1.29, 1.82) is 0 Å². The van der Waals surface area contributed by atoms with Gasteiger partial charge in [0.05, 0.1) is 6.10 Å². The lowest BCUT2D eigenvalue weighted by Crippen LogP contribution is -2.43. The topological polar surface area (TPSA) is 110 Å². The van der Waals surface area contributed by atoms with Crippen LogP contribution in [0.2, 0.25) is 0 Å². The SMILES string of the molecule is NC(CC(OC1CC([18F])C1)C(=O)O)C(=O)O. The molecule has 0 aromatic carbocycles. The van der Waals surface area contributed by atoms with Crippen molar-refractivity contribution < 1.29 is 28.9 Å². The molecule has 7 heteroatoms. The minimum Gasteiger partial charge on any atom is -0.480 e. The van der Waals surface area contributed by atoms with Gasteiger partial charge < -0.3 is 20.7 Å². The lowest BCUT2D eigenvalue weighted by Gasteiger charge is -2.32. The molecule has 92 valence electrons. The molecule has 2 atom stereocenters. The smallest absolute Gasteiger partial charge is 0.332 e. The molecule has 1 aliphatic carbocycles. The number of alkyl halides is 1. The predicted octanol–water partition coefficient (Wildman–Crippen LogP) is -0.241. The molecular weight excluding hydrogens is 220 g/mol. The van der Waals surface area contributed by atoms with E-state index < -0.39 is 36.4 Å². The van der Waals surface area contributed by atoms with Crippen molar-refractivity contribution in [3.63, 3.8) is 0 Å². The molecule has 0 aromatic rings. The van der Waals surface area contributed by atoms with Crippen LogP contribution in [0.4, 0.5) is 4.39 Å². The number of rotatable bonds is 6. The Morgan fingerprint density at radius 2 is 1.94 bits per heavy atom. The molecule has 0 amide bonds. The van der Waals surface area contributed by atoms with Crippen molar-refractivity contribution >= 4 is 11.9 Å². The second-order valence-corrected chi connectivity index (χ2v) is 3.83. The van der Waals surface area contributed by atoms with Gasteiger partial charge in [0.1, 0.15) is 12.2 Å². The average molecular weight is 234 g/mol. The molecule has 0 aliphatic heterocycles. The first kappa shape index (κ1) is 12.9. The molecule has 6 nitrogen and oxygen atoms in total. The monoisotopic (exact) mass is 234 g/mol. The minimum atomic E-state index is -1.29. The molecule has 1 saturated carbocycles. The summed E-state index contributed by atoms with van der Waals surface area (Å²) in [4.78, 5) is 21.2. The van der Waals surface area contributed by atoms with E-state index in [2.05, 4.69) is 0 Å². The number of carboxylic acid groups (broad SMARTS) is 2. The van der Waals surface area contributed by atoms with E-state index in [1.54, 1.807) is 0 Å². The molecular formula is C9H14FNO5. The van der Waals surface area contributed by atoms with Crippen molar-refractivity contribution in [3.8, 4) is 0 Å². The van der Waals surface area contributed by atoms with Crippen LogP contribution in [0.5, 0.6) is 0 Å². The maximum atomic E-state index is 12.5. The quantitative estimate of drug-likeness (QED) is 0.585. The molecule has 1 rings (SSSR count). The fourth-order valence-corrected chi connectivity index (χ4v) is 1.39. The number of carbonyl (C=O) groups is 2. The molecule has 16 heavy (non-hydrogen) atoms. The molecule has 1 aliphatic rings. The number of carboxylic acids is 2. The first-order valence-electron chi connectivity index (χ1n) is 4.91. The van der Waals surface area contributed by atoms with Crippen molar-refractivity contribution in [1.82, 2.24) is 0 Å². The van der Waals surface area contributed by atoms with E-state index in [4.69, 9.17) is 20.7 Å². The highest BCUT2D eigenvalue weighted by atomic mass is 18.2. The van der Waals surface area contributed by atoms with Gasteiger partial charge in [-0.2, -0.15) is 0 Å². The summed E-state index contributed by atoms with van der Waals surface area (Å²) in [5.41, 5.74) is 5.20. The van der Waals surface area contributed by atoms with Crippen LogP contribution in [-0.4, -0.2) is 46.6 Å². The van der Waals surface area contributed by atoms with Gasteiger partial charge in [0.15, 0.2) is 6.10 Å². The van der Waals surface area contributed by atoms with Crippen molar-refractivity contribution in [2.24, 2.45) is 5.73 Å². The van der Waals surface area contributed by atoms with Crippen LogP contribution in [0.3, 0.4) is 0 Å². The predicted molar refractivity (Wildman–Crippen MR) is 50.7 cm³/mol. The van der Waals surface area contributed by atoms with Crippen LogP contribution in [0, 0.1) is 0 Å². The van der Waals surface area contributed by atoms with Gasteiger partial charge >= 0.3 is 11.9 Å². The van der Waals surface area contributed by atoms with E-state index in [0.29, 0.717) is 0 Å². The van der Waals surface area contributed by atoms with Gasteiger partial charge in [0, 0.05) is 19.3 Å². The third kappa shape index (κ3) is 3.42. The summed E-state index contributed by atoms with van der Waals surface area (Å²) in [7, 11) is 0. The highest BCUT2D eigenvalue weighted by Gasteiger charge is 2.35. The molecule has 0 spiro atoms. The zero-order chi connectivity index (χ0) is 12.3. The molecule has 4 N–H and O–H groups in total. The van der Waals surface area contributed by atoms with Crippen LogP contribution in [0.1, 0.15) is 19.3 Å². The van der Waals surface area contributed by atoms with Gasteiger partial charge in [0.2, 0.25) is 0 Å². The number of ether oxygens (including phenoxy) is 1. The maximum Gasteiger partial charge on any atom is 0.332 e. The first-order chi connectivity index (χ1) is 7.40. The molecule has 0 aromatic heterocycles. The summed E-state index contributed by atoms with van der Waals surface area (Å²) in [6.45, 7) is 0. The Bertz CT molecular complexity index is 279. The number of aliphatic carboxylic acids is 2. The van der Waals surface area contributed by atoms with Gasteiger partial charge in [-0.25, -0.2) is 9.18 Å². The zero-order valence-corrected chi connectivity index (χ0v) is 8.51. The van der Waals surface area contributed by atoms with E-state index >= 15 is 0 Å². The second kappa shape index (κ2) is 5.22. The molecule has 2 unspecified atom stereocenters. The summed E-state index contributed by atoms with van der Waals surface area (Å²) >= 11 is 0. The summed E-state index contributed by atoms with van der Waals surface area (Å²) in [5, 5.41) is 17.3. The van der Waals surface area contributed by atoms with Crippen molar-refractivity contribution in [3.05, 3.63) is 0 Å². The van der Waals surface area contributed by atoms with E-state index in [1.165, 1.54) is 0 Å². The molecule has 0 bridgehead atoms. The number of hydrogen-bond donors (Lipinski definition) is 3. The number of halogens is 1. The fourth-order valence-electron chi connectivity index (χ4n) is 1.39. The third-order valence-corrected chi connectivity index (χ3v) is 2.45. The Balaban J connectivity index is 2.42. The first-order valence-corrected chi connectivity index (χ1v) is 4.91. The van der Waals surface area contributed by atoms with Gasteiger partial charge in [-0.15, -0.1) is 0 Å². The Kier molecular flexibility index (Phi) is 4.19. The third-order valence-electron chi connectivity index (χ3n) is 2.45. The van der Waals surface area contributed by atoms with Crippen LogP contribution < -0.4 is 5.73 Å². The standard InChI is InChI=1S/C9H14FNO5/c10-4-1-5(2-4)16-7(9(14)15)3-6(11)8(12)13/h4-7H,1-3,11H2,(H,12,13)(H,14,15)/i10-1. The lowest BCUT2D eigenvalue weighted by molar-refractivity contribution is -0.163. The summed E-state index contributed by atoms with van der Waals surface area (Å²) < 4.78 is 17.5. The number of hydrogen-bond acceptors (Lipinski definition) is 4. The fraction of sp³-hybridized carbons (Fsp3) is 0.778. The van der Waals surface area contributed by atoms with Crippen molar-refractivity contribution in [2.45, 2.75) is 43.7 Å². The normalized spacial score (nSPS) is 27.9. The number of nitrogens with two attached hydrogens (primary N) is 1. The largest absolute Gasteiger partial charge is 0.480 e. The second-order valence-electron chi connectivity index (χ2n) is 3.83. The van der Waals surface area contributed by atoms with Crippen molar-refractivity contribution in [2.75, 3.05) is 0 Å². The zero-order valence-electron chi connectivity index (χ0n) is 8.51. The minimum absolute atomic E-state index is 0.159. The average Bonchev–Trinajstić information content (AvgIpc) is 2.13. The van der Waals surface area contributed by atoms with E-state index in [-0.39, 0.29) is 19.3 Å². The molecule has 0 radical (unpaired) electrons. The molecule has 0 saturated heterocycles. The van der Waals surface area contributed by atoms with Gasteiger partial charge in [-0.3, -0.25) is 4.79 Å². The molecule has 0 heterocycles. The van der Waals surface area contributed by atoms with Crippen LogP contribution in [-0.2, 0) is 14.3 Å². The van der Waals surface area contributed by atoms with Crippen LogP contribution in [0.15, 0.2) is 0 Å². The highest BCUT2D eigenvalue weighted by Crippen LogP contribution is 2.27. The summed E-state index contributed by atoms with van der Waals surface area (Å²) in [5.74, 6) is -2.56. The van der Waals surface area contributed by atoms with Crippen LogP contribution >= 0.6 is 0 Å². The Morgan fingerprint density at radius 1 is 1.38 bits per heavy atom. The van der Waals surface area contributed by atoms with Gasteiger partial charge in [0.25, 0.3) is 0 Å². The summed E-state index contributed by atoms with van der Waals surface area (Å²) in [6.07, 6.45) is -2.69. The Labute approximate surface area is 91.2 Å². The van der Waals surface area contributed by atoms with Gasteiger partial charge in [-0.05, 0) is 0 Å². The van der Waals surface area contributed by atoms with E-state index in [0.717, 1.165) is 0 Å². The lowest BCUT2D eigenvalue weighted by atomic mass is 9.93. The molecule has 1 fully saturated rings. The Morgan fingerprint density at radius 3 is 2.31 bits per heavy atom. The van der Waals surface area contributed by atoms with E-state index in [9.17, 15) is 14.0 Å². The highest BCUT2D eigenvalue weighted by molar-refractivity contribution is 5.76. The summed E-state index contributed by atoms with van der Waals surface area (Å²) in [6, 6.07) is -1.29.